The summed E-state index contributed by atoms with van der Waals surface area (Å²) in [6.07, 6.45) is 5.96. The highest BCUT2D eigenvalue weighted by molar-refractivity contribution is 5.97. The average molecular weight is 285 g/mol. The molecule has 2 aromatic rings. The van der Waals surface area contributed by atoms with Crippen molar-refractivity contribution in [1.82, 2.24) is 15.3 Å². The predicted octanol–water partition coefficient (Wildman–Crippen LogP) is 3.75. The molecule has 1 heterocycles. The molecule has 1 aliphatic rings. The molecule has 0 aliphatic heterocycles. The Morgan fingerprint density at radius 2 is 2.05 bits per heavy atom. The second-order valence-electron chi connectivity index (χ2n) is 6.32. The highest BCUT2D eigenvalue weighted by Gasteiger charge is 2.17. The quantitative estimate of drug-likeness (QED) is 0.902. The third kappa shape index (κ3) is 3.09. The average Bonchev–Trinajstić information content (AvgIpc) is 2.91. The van der Waals surface area contributed by atoms with E-state index in [0.717, 1.165) is 29.7 Å². The molecule has 4 heteroatoms. The van der Waals surface area contributed by atoms with Crippen LogP contribution in [0.15, 0.2) is 18.2 Å². The number of amides is 1. The molecular formula is C17H23N3O. The van der Waals surface area contributed by atoms with E-state index in [-0.39, 0.29) is 5.91 Å². The Kier molecular flexibility index (Phi) is 3.95. The number of fused-ring (bicyclic) bond motifs is 1. The van der Waals surface area contributed by atoms with Gasteiger partial charge in [-0.3, -0.25) is 4.79 Å². The van der Waals surface area contributed by atoms with Gasteiger partial charge in [0.15, 0.2) is 0 Å². The van der Waals surface area contributed by atoms with Crippen LogP contribution in [0, 0.1) is 0 Å². The zero-order valence-corrected chi connectivity index (χ0v) is 12.8. The Hall–Kier alpha value is -1.84. The summed E-state index contributed by atoms with van der Waals surface area (Å²) in [5.74, 6) is 1.36. The first-order valence-corrected chi connectivity index (χ1v) is 7.94. The molecule has 1 aromatic carbocycles. The lowest BCUT2D eigenvalue weighted by molar-refractivity contribution is 0.0928. The van der Waals surface area contributed by atoms with E-state index in [4.69, 9.17) is 0 Å². The molecule has 1 saturated carbocycles. The van der Waals surface area contributed by atoms with Crippen molar-refractivity contribution < 1.29 is 4.79 Å². The molecule has 0 bridgehead atoms. The minimum atomic E-state index is 0.0319. The van der Waals surface area contributed by atoms with E-state index in [1.165, 1.54) is 19.3 Å². The highest BCUT2D eigenvalue weighted by atomic mass is 16.1. The molecule has 0 saturated heterocycles. The molecule has 3 rings (SSSR count). The lowest BCUT2D eigenvalue weighted by Gasteiger charge is -2.22. The Labute approximate surface area is 125 Å². The summed E-state index contributed by atoms with van der Waals surface area (Å²) in [7, 11) is 0. The van der Waals surface area contributed by atoms with Crippen LogP contribution in [0.5, 0.6) is 0 Å². The SMILES string of the molecule is CC(C)c1nc2ccc(C(=O)NC3CCCCC3)cc2[nH]1. The minimum Gasteiger partial charge on any atom is -0.349 e. The van der Waals surface area contributed by atoms with Crippen LogP contribution in [-0.2, 0) is 0 Å². The molecule has 1 amide bonds. The number of hydrogen-bond donors (Lipinski definition) is 2. The minimum absolute atomic E-state index is 0.0319. The number of aromatic nitrogens is 2. The number of aromatic amines is 1. The van der Waals surface area contributed by atoms with Gasteiger partial charge in [-0.05, 0) is 31.0 Å². The summed E-state index contributed by atoms with van der Waals surface area (Å²) >= 11 is 0. The summed E-state index contributed by atoms with van der Waals surface area (Å²) < 4.78 is 0. The van der Waals surface area contributed by atoms with Crippen LogP contribution in [0.3, 0.4) is 0 Å². The van der Waals surface area contributed by atoms with E-state index < -0.39 is 0 Å². The van der Waals surface area contributed by atoms with Gasteiger partial charge in [-0.1, -0.05) is 33.1 Å². The van der Waals surface area contributed by atoms with E-state index in [2.05, 4.69) is 29.1 Å². The Bertz CT molecular complexity index is 639. The van der Waals surface area contributed by atoms with Crippen molar-refractivity contribution in [2.75, 3.05) is 0 Å². The van der Waals surface area contributed by atoms with Crippen molar-refractivity contribution in [2.24, 2.45) is 0 Å². The maximum atomic E-state index is 12.4. The van der Waals surface area contributed by atoms with Gasteiger partial charge in [0.1, 0.15) is 5.82 Å². The van der Waals surface area contributed by atoms with Crippen molar-refractivity contribution in [3.05, 3.63) is 29.6 Å². The second-order valence-corrected chi connectivity index (χ2v) is 6.32. The molecule has 0 atom stereocenters. The molecule has 1 aliphatic carbocycles. The summed E-state index contributed by atoms with van der Waals surface area (Å²) in [6.45, 7) is 4.21. The van der Waals surface area contributed by atoms with Crippen molar-refractivity contribution >= 4 is 16.9 Å². The monoisotopic (exact) mass is 285 g/mol. The van der Waals surface area contributed by atoms with Crippen molar-refractivity contribution in [1.29, 1.82) is 0 Å². The van der Waals surface area contributed by atoms with Gasteiger partial charge in [0.25, 0.3) is 5.91 Å². The van der Waals surface area contributed by atoms with Gasteiger partial charge in [-0.25, -0.2) is 4.98 Å². The van der Waals surface area contributed by atoms with Crippen LogP contribution in [0.25, 0.3) is 11.0 Å². The van der Waals surface area contributed by atoms with Crippen LogP contribution in [0.4, 0.5) is 0 Å². The summed E-state index contributed by atoms with van der Waals surface area (Å²) in [5.41, 5.74) is 2.58. The number of benzene rings is 1. The second kappa shape index (κ2) is 5.88. The molecule has 1 fully saturated rings. The fourth-order valence-corrected chi connectivity index (χ4v) is 2.96. The van der Waals surface area contributed by atoms with E-state index in [1.807, 2.05) is 18.2 Å². The van der Waals surface area contributed by atoms with Crippen molar-refractivity contribution in [3.63, 3.8) is 0 Å². The number of nitrogens with one attached hydrogen (secondary N) is 2. The molecule has 4 nitrogen and oxygen atoms in total. The smallest absolute Gasteiger partial charge is 0.251 e. The first-order valence-electron chi connectivity index (χ1n) is 7.94. The standard InChI is InChI=1S/C17H23N3O/c1-11(2)16-19-14-9-8-12(10-15(14)20-16)17(21)18-13-6-4-3-5-7-13/h8-11,13H,3-7H2,1-2H3,(H,18,21)(H,19,20). The number of H-pyrrole nitrogens is 1. The van der Waals surface area contributed by atoms with Crippen molar-refractivity contribution in [2.45, 2.75) is 57.9 Å². The fourth-order valence-electron chi connectivity index (χ4n) is 2.96. The normalized spacial score (nSPS) is 16.5. The summed E-state index contributed by atoms with van der Waals surface area (Å²) in [6, 6.07) is 6.04. The predicted molar refractivity (Wildman–Crippen MR) is 84.5 cm³/mol. The molecule has 2 N–H and O–H groups in total. The third-order valence-electron chi connectivity index (χ3n) is 4.25. The number of nitrogens with zero attached hydrogens (tertiary/aromatic N) is 1. The first kappa shape index (κ1) is 14.1. The lowest BCUT2D eigenvalue weighted by atomic mass is 9.95. The summed E-state index contributed by atoms with van der Waals surface area (Å²) in [4.78, 5) is 20.2. The number of carbonyl (C=O) groups is 1. The number of hydrogen-bond acceptors (Lipinski definition) is 2. The van der Waals surface area contributed by atoms with Gasteiger partial charge >= 0.3 is 0 Å². The van der Waals surface area contributed by atoms with E-state index in [1.54, 1.807) is 0 Å². The molecule has 21 heavy (non-hydrogen) atoms. The fraction of sp³-hybridized carbons (Fsp3) is 0.529. The van der Waals surface area contributed by atoms with Crippen LogP contribution in [0.1, 0.15) is 68.1 Å². The number of rotatable bonds is 3. The maximum Gasteiger partial charge on any atom is 0.251 e. The van der Waals surface area contributed by atoms with Crippen molar-refractivity contribution in [3.8, 4) is 0 Å². The summed E-state index contributed by atoms with van der Waals surface area (Å²) in [5, 5.41) is 3.16. The number of carbonyl (C=O) groups excluding carboxylic acids is 1. The van der Waals surface area contributed by atoms with E-state index in [0.29, 0.717) is 17.5 Å². The van der Waals surface area contributed by atoms with E-state index in [9.17, 15) is 4.79 Å². The Morgan fingerprint density at radius 1 is 1.29 bits per heavy atom. The Morgan fingerprint density at radius 3 is 2.76 bits per heavy atom. The molecular weight excluding hydrogens is 262 g/mol. The molecule has 0 radical (unpaired) electrons. The van der Waals surface area contributed by atoms with Gasteiger partial charge in [-0.2, -0.15) is 0 Å². The molecule has 112 valence electrons. The molecule has 0 spiro atoms. The van der Waals surface area contributed by atoms with Gasteiger partial charge < -0.3 is 10.3 Å². The van der Waals surface area contributed by atoms with Gasteiger partial charge in [0.2, 0.25) is 0 Å². The molecule has 0 unspecified atom stereocenters. The number of imidazole rings is 1. The van der Waals surface area contributed by atoms with Crippen LogP contribution >= 0.6 is 0 Å². The third-order valence-corrected chi connectivity index (χ3v) is 4.25. The largest absolute Gasteiger partial charge is 0.349 e. The molecule has 1 aromatic heterocycles. The zero-order valence-electron chi connectivity index (χ0n) is 12.8. The highest BCUT2D eigenvalue weighted by Crippen LogP contribution is 2.20. The first-order chi connectivity index (χ1) is 10.1. The topological polar surface area (TPSA) is 57.8 Å². The zero-order chi connectivity index (χ0) is 14.8. The van der Waals surface area contributed by atoms with Crippen LogP contribution in [-0.4, -0.2) is 21.9 Å². The van der Waals surface area contributed by atoms with Crippen LogP contribution < -0.4 is 5.32 Å². The Balaban J connectivity index is 1.77. The van der Waals surface area contributed by atoms with Gasteiger partial charge in [0.05, 0.1) is 11.0 Å². The van der Waals surface area contributed by atoms with Gasteiger partial charge in [-0.15, -0.1) is 0 Å². The van der Waals surface area contributed by atoms with Crippen LogP contribution in [0.2, 0.25) is 0 Å². The lowest BCUT2D eigenvalue weighted by Crippen LogP contribution is -2.36. The van der Waals surface area contributed by atoms with E-state index >= 15 is 0 Å². The maximum absolute atomic E-state index is 12.4. The van der Waals surface area contributed by atoms with Gasteiger partial charge in [0, 0.05) is 17.5 Å².